The molecule has 0 aliphatic rings. The number of ether oxygens (including phenoxy) is 1. The molecule has 1 aromatic carbocycles. The van der Waals surface area contributed by atoms with Crippen LogP contribution in [0.4, 0.5) is 0 Å². The van der Waals surface area contributed by atoms with E-state index in [0.29, 0.717) is 12.0 Å². The van der Waals surface area contributed by atoms with Gasteiger partial charge in [-0.2, -0.15) is 0 Å². The van der Waals surface area contributed by atoms with Gasteiger partial charge in [0.2, 0.25) is 0 Å². The summed E-state index contributed by atoms with van der Waals surface area (Å²) < 4.78 is 5.70. The van der Waals surface area contributed by atoms with Crippen molar-refractivity contribution in [3.8, 4) is 5.75 Å². The highest BCUT2D eigenvalue weighted by Crippen LogP contribution is 2.20. The van der Waals surface area contributed by atoms with Crippen molar-refractivity contribution in [2.24, 2.45) is 5.92 Å². The number of hydrogen-bond donors (Lipinski definition) is 1. The van der Waals surface area contributed by atoms with Gasteiger partial charge >= 0.3 is 0 Å². The molecule has 2 heteroatoms. The first-order valence-electron chi connectivity index (χ1n) is 7.13. The molecule has 0 spiro atoms. The SMILES string of the molecule is CCCNC(CC)c1ccc(OCC(C)C)cc1. The predicted molar refractivity (Wildman–Crippen MR) is 78.1 cm³/mol. The summed E-state index contributed by atoms with van der Waals surface area (Å²) >= 11 is 0. The molecule has 1 unspecified atom stereocenters. The molecule has 18 heavy (non-hydrogen) atoms. The van der Waals surface area contributed by atoms with Crippen LogP contribution in [0.15, 0.2) is 24.3 Å². The van der Waals surface area contributed by atoms with Gasteiger partial charge < -0.3 is 10.1 Å². The van der Waals surface area contributed by atoms with E-state index in [2.05, 4.69) is 57.3 Å². The van der Waals surface area contributed by atoms with Crippen molar-refractivity contribution in [2.45, 2.75) is 46.6 Å². The summed E-state index contributed by atoms with van der Waals surface area (Å²) in [6.45, 7) is 10.6. The van der Waals surface area contributed by atoms with Crippen LogP contribution >= 0.6 is 0 Å². The van der Waals surface area contributed by atoms with E-state index in [1.54, 1.807) is 0 Å². The maximum absolute atomic E-state index is 5.70. The van der Waals surface area contributed by atoms with E-state index in [1.165, 1.54) is 12.0 Å². The van der Waals surface area contributed by atoms with Gasteiger partial charge in [-0.25, -0.2) is 0 Å². The molecule has 0 fully saturated rings. The van der Waals surface area contributed by atoms with Gasteiger partial charge in [0.15, 0.2) is 0 Å². The zero-order valence-corrected chi connectivity index (χ0v) is 12.2. The summed E-state index contributed by atoms with van der Waals surface area (Å²) in [7, 11) is 0. The molecule has 102 valence electrons. The number of rotatable bonds is 8. The monoisotopic (exact) mass is 249 g/mol. The van der Waals surface area contributed by atoms with E-state index in [-0.39, 0.29) is 0 Å². The first kappa shape index (κ1) is 15.0. The van der Waals surface area contributed by atoms with Crippen molar-refractivity contribution >= 4 is 0 Å². The Kier molecular flexibility index (Phi) is 6.81. The number of nitrogens with one attached hydrogen (secondary N) is 1. The highest BCUT2D eigenvalue weighted by atomic mass is 16.5. The standard InChI is InChI=1S/C16H27NO/c1-5-11-17-16(6-2)14-7-9-15(10-8-14)18-12-13(3)4/h7-10,13,16-17H,5-6,11-12H2,1-4H3. The molecular formula is C16H27NO. The highest BCUT2D eigenvalue weighted by molar-refractivity contribution is 5.29. The average molecular weight is 249 g/mol. The Balaban J connectivity index is 2.57. The van der Waals surface area contributed by atoms with Crippen LogP contribution in [0, 0.1) is 5.92 Å². The Labute approximate surface area is 112 Å². The van der Waals surface area contributed by atoms with E-state index < -0.39 is 0 Å². The number of hydrogen-bond acceptors (Lipinski definition) is 2. The van der Waals surface area contributed by atoms with E-state index in [1.807, 2.05) is 0 Å². The smallest absolute Gasteiger partial charge is 0.119 e. The van der Waals surface area contributed by atoms with Gasteiger partial charge in [-0.05, 0) is 43.0 Å². The molecule has 0 amide bonds. The Hall–Kier alpha value is -1.02. The molecule has 0 saturated heterocycles. The highest BCUT2D eigenvalue weighted by Gasteiger charge is 2.07. The fourth-order valence-corrected chi connectivity index (χ4v) is 1.88. The van der Waals surface area contributed by atoms with Gasteiger partial charge in [0.1, 0.15) is 5.75 Å². The minimum atomic E-state index is 0.462. The largest absolute Gasteiger partial charge is 0.493 e. The minimum Gasteiger partial charge on any atom is -0.493 e. The lowest BCUT2D eigenvalue weighted by Crippen LogP contribution is -2.21. The Morgan fingerprint density at radius 1 is 1.11 bits per heavy atom. The molecular weight excluding hydrogens is 222 g/mol. The average Bonchev–Trinajstić information content (AvgIpc) is 2.38. The second-order valence-electron chi connectivity index (χ2n) is 5.19. The number of benzene rings is 1. The van der Waals surface area contributed by atoms with Crippen molar-refractivity contribution in [2.75, 3.05) is 13.2 Å². The van der Waals surface area contributed by atoms with Crippen LogP contribution in [0.2, 0.25) is 0 Å². The minimum absolute atomic E-state index is 0.462. The quantitative estimate of drug-likeness (QED) is 0.746. The van der Waals surface area contributed by atoms with Crippen molar-refractivity contribution in [1.82, 2.24) is 5.32 Å². The third-order valence-electron chi connectivity index (χ3n) is 2.91. The summed E-state index contributed by atoms with van der Waals surface area (Å²) in [5.41, 5.74) is 1.35. The van der Waals surface area contributed by atoms with Crippen LogP contribution in [0.3, 0.4) is 0 Å². The van der Waals surface area contributed by atoms with Crippen LogP contribution in [-0.4, -0.2) is 13.2 Å². The summed E-state index contributed by atoms with van der Waals surface area (Å²) in [4.78, 5) is 0. The van der Waals surface area contributed by atoms with Crippen LogP contribution < -0.4 is 10.1 Å². The molecule has 0 aliphatic heterocycles. The first-order valence-corrected chi connectivity index (χ1v) is 7.13. The molecule has 0 saturated carbocycles. The fraction of sp³-hybridized carbons (Fsp3) is 0.625. The van der Waals surface area contributed by atoms with Gasteiger partial charge in [-0.15, -0.1) is 0 Å². The van der Waals surface area contributed by atoms with Crippen LogP contribution in [0.5, 0.6) is 5.75 Å². The van der Waals surface area contributed by atoms with Crippen LogP contribution in [-0.2, 0) is 0 Å². The van der Waals surface area contributed by atoms with Gasteiger partial charge in [0.25, 0.3) is 0 Å². The third kappa shape index (κ3) is 5.09. The molecule has 1 atom stereocenters. The summed E-state index contributed by atoms with van der Waals surface area (Å²) in [5.74, 6) is 1.54. The molecule has 0 heterocycles. The van der Waals surface area contributed by atoms with Crippen molar-refractivity contribution in [1.29, 1.82) is 0 Å². The maximum Gasteiger partial charge on any atom is 0.119 e. The van der Waals surface area contributed by atoms with Crippen LogP contribution in [0.25, 0.3) is 0 Å². The Morgan fingerprint density at radius 3 is 2.28 bits per heavy atom. The van der Waals surface area contributed by atoms with Gasteiger partial charge in [0, 0.05) is 6.04 Å². The summed E-state index contributed by atoms with van der Waals surface area (Å²) in [5, 5.41) is 3.56. The lowest BCUT2D eigenvalue weighted by molar-refractivity contribution is 0.271. The van der Waals surface area contributed by atoms with Gasteiger partial charge in [-0.1, -0.05) is 39.8 Å². The lowest BCUT2D eigenvalue weighted by atomic mass is 10.0. The third-order valence-corrected chi connectivity index (χ3v) is 2.91. The van der Waals surface area contributed by atoms with Crippen molar-refractivity contribution in [3.05, 3.63) is 29.8 Å². The molecule has 0 radical (unpaired) electrons. The zero-order chi connectivity index (χ0) is 13.4. The molecule has 1 rings (SSSR count). The Morgan fingerprint density at radius 2 is 1.78 bits per heavy atom. The van der Waals surface area contributed by atoms with E-state index >= 15 is 0 Å². The van der Waals surface area contributed by atoms with E-state index in [4.69, 9.17) is 4.74 Å². The van der Waals surface area contributed by atoms with Crippen molar-refractivity contribution < 1.29 is 4.74 Å². The first-order chi connectivity index (χ1) is 8.67. The molecule has 0 aliphatic carbocycles. The van der Waals surface area contributed by atoms with Crippen molar-refractivity contribution in [3.63, 3.8) is 0 Å². The Bertz CT molecular complexity index is 318. The molecule has 2 nitrogen and oxygen atoms in total. The van der Waals surface area contributed by atoms with Gasteiger partial charge in [-0.3, -0.25) is 0 Å². The second kappa shape index (κ2) is 8.15. The topological polar surface area (TPSA) is 21.3 Å². The maximum atomic E-state index is 5.70. The molecule has 0 bridgehead atoms. The zero-order valence-electron chi connectivity index (χ0n) is 12.2. The normalized spacial score (nSPS) is 12.7. The lowest BCUT2D eigenvalue weighted by Gasteiger charge is -2.17. The molecule has 0 aromatic heterocycles. The van der Waals surface area contributed by atoms with E-state index in [9.17, 15) is 0 Å². The molecule has 1 N–H and O–H groups in total. The van der Waals surface area contributed by atoms with Gasteiger partial charge in [0.05, 0.1) is 6.61 Å². The summed E-state index contributed by atoms with van der Waals surface area (Å²) in [6, 6.07) is 8.96. The predicted octanol–water partition coefficient (Wildman–Crippen LogP) is 4.17. The van der Waals surface area contributed by atoms with E-state index in [0.717, 1.165) is 25.3 Å². The van der Waals surface area contributed by atoms with Crippen LogP contribution in [0.1, 0.15) is 52.1 Å². The fourth-order valence-electron chi connectivity index (χ4n) is 1.88. The summed E-state index contributed by atoms with van der Waals surface area (Å²) in [6.07, 6.45) is 2.29. The second-order valence-corrected chi connectivity index (χ2v) is 5.19. The molecule has 1 aromatic rings.